The molecule has 0 saturated heterocycles. The molecule has 1 aromatic carbocycles. The van der Waals surface area contributed by atoms with Gasteiger partial charge < -0.3 is 0 Å². The number of nitriles is 2. The quantitative estimate of drug-likeness (QED) is 0.851. The molecule has 1 unspecified atom stereocenters. The zero-order chi connectivity index (χ0) is 17.1. The van der Waals surface area contributed by atoms with Gasteiger partial charge in [0.15, 0.2) is 4.75 Å². The van der Waals surface area contributed by atoms with E-state index in [1.54, 1.807) is 50.3 Å². The maximum absolute atomic E-state index is 13.2. The Morgan fingerprint density at radius 1 is 1.26 bits per heavy atom. The molecule has 1 aliphatic rings. The Hall–Kier alpha value is -2.57. The van der Waals surface area contributed by atoms with Gasteiger partial charge in [-0.15, -0.1) is 0 Å². The Bertz CT molecular complexity index is 842. The Labute approximate surface area is 136 Å². The number of hydrogen-bond donors (Lipinski definition) is 0. The minimum absolute atomic E-state index is 0.131. The molecular weight excluding hydrogens is 310 g/mol. The van der Waals surface area contributed by atoms with Crippen molar-refractivity contribution < 1.29 is 8.42 Å². The third-order valence-corrected chi connectivity index (χ3v) is 6.27. The van der Waals surface area contributed by atoms with E-state index >= 15 is 0 Å². The summed E-state index contributed by atoms with van der Waals surface area (Å²) in [5.74, 6) is 0. The highest BCUT2D eigenvalue weighted by Gasteiger charge is 2.48. The van der Waals surface area contributed by atoms with Gasteiger partial charge in [0.05, 0.1) is 17.8 Å². The maximum Gasteiger partial charge on any atom is 0.258 e. The van der Waals surface area contributed by atoms with Crippen molar-refractivity contribution in [3.63, 3.8) is 0 Å². The lowest BCUT2D eigenvalue weighted by molar-refractivity contribution is 0.569. The van der Waals surface area contributed by atoms with Crippen molar-refractivity contribution in [2.24, 2.45) is 0 Å². The zero-order valence-corrected chi connectivity index (χ0v) is 13.8. The standard InChI is InChI=1S/C17H17N3O2S/c1-3-20(16-7-5-4-6-8-16)23(21,22)17(13-19)10-9-14(2)15(11-17)12-18/h4-10H,3,11H2,1-2H3. The average molecular weight is 327 g/mol. The molecule has 1 aromatic rings. The number of para-hydroxylation sites is 1. The molecule has 0 amide bonds. The number of nitrogens with zero attached hydrogens (tertiary/aromatic N) is 3. The summed E-state index contributed by atoms with van der Waals surface area (Å²) in [6, 6.07) is 12.6. The molecule has 0 heterocycles. The van der Waals surface area contributed by atoms with Crippen molar-refractivity contribution in [3.05, 3.63) is 53.6 Å². The lowest BCUT2D eigenvalue weighted by Gasteiger charge is -2.33. The van der Waals surface area contributed by atoms with Gasteiger partial charge in [-0.1, -0.05) is 24.3 Å². The molecule has 0 N–H and O–H groups in total. The van der Waals surface area contributed by atoms with E-state index in [1.807, 2.05) is 12.1 Å². The van der Waals surface area contributed by atoms with Crippen LogP contribution in [0.5, 0.6) is 0 Å². The van der Waals surface area contributed by atoms with Crippen molar-refractivity contribution in [2.75, 3.05) is 10.8 Å². The molecule has 0 aliphatic heterocycles. The second-order valence-electron chi connectivity index (χ2n) is 5.29. The summed E-state index contributed by atoms with van der Waals surface area (Å²) in [6.07, 6.45) is 2.81. The number of sulfonamides is 1. The maximum atomic E-state index is 13.2. The van der Waals surface area contributed by atoms with Gasteiger partial charge in [-0.2, -0.15) is 10.5 Å². The Morgan fingerprint density at radius 3 is 2.43 bits per heavy atom. The van der Waals surface area contributed by atoms with Crippen LogP contribution in [0, 0.1) is 22.7 Å². The molecule has 1 atom stereocenters. The van der Waals surface area contributed by atoms with Crippen molar-refractivity contribution >= 4 is 15.7 Å². The van der Waals surface area contributed by atoms with E-state index in [2.05, 4.69) is 0 Å². The molecule has 118 valence electrons. The van der Waals surface area contributed by atoms with E-state index in [-0.39, 0.29) is 13.0 Å². The van der Waals surface area contributed by atoms with Gasteiger partial charge >= 0.3 is 0 Å². The minimum atomic E-state index is -4.01. The van der Waals surface area contributed by atoms with Crippen LogP contribution in [-0.2, 0) is 10.0 Å². The molecule has 0 spiro atoms. The van der Waals surface area contributed by atoms with Crippen LogP contribution in [0.3, 0.4) is 0 Å². The van der Waals surface area contributed by atoms with Crippen molar-refractivity contribution in [3.8, 4) is 12.1 Å². The fraction of sp³-hybridized carbons (Fsp3) is 0.294. The van der Waals surface area contributed by atoms with Crippen LogP contribution < -0.4 is 4.31 Å². The number of anilines is 1. The van der Waals surface area contributed by atoms with Crippen LogP contribution >= 0.6 is 0 Å². The smallest absolute Gasteiger partial charge is 0.258 e. The summed E-state index contributed by atoms with van der Waals surface area (Å²) in [4.78, 5) is 0. The topological polar surface area (TPSA) is 85.0 Å². The minimum Gasteiger partial charge on any atom is -0.269 e. The third-order valence-electron chi connectivity index (χ3n) is 3.92. The molecule has 0 aromatic heterocycles. The third kappa shape index (κ3) is 2.74. The van der Waals surface area contributed by atoms with E-state index in [9.17, 15) is 18.9 Å². The summed E-state index contributed by atoms with van der Waals surface area (Å²) in [6.45, 7) is 3.65. The van der Waals surface area contributed by atoms with Gasteiger partial charge in [0, 0.05) is 18.5 Å². The van der Waals surface area contributed by atoms with Crippen LogP contribution in [0.4, 0.5) is 5.69 Å². The monoisotopic (exact) mass is 327 g/mol. The molecule has 5 nitrogen and oxygen atoms in total. The largest absolute Gasteiger partial charge is 0.269 e. The molecular formula is C17H17N3O2S. The lowest BCUT2D eigenvalue weighted by Crippen LogP contribution is -2.47. The first-order valence-electron chi connectivity index (χ1n) is 7.19. The van der Waals surface area contributed by atoms with E-state index in [0.717, 1.165) is 0 Å². The predicted octanol–water partition coefficient (Wildman–Crippen LogP) is 2.91. The molecule has 1 aliphatic carbocycles. The van der Waals surface area contributed by atoms with Gasteiger partial charge in [0.1, 0.15) is 0 Å². The molecule has 0 fully saturated rings. The first-order valence-corrected chi connectivity index (χ1v) is 8.63. The predicted molar refractivity (Wildman–Crippen MR) is 88.8 cm³/mol. The van der Waals surface area contributed by atoms with E-state index < -0.39 is 14.8 Å². The van der Waals surface area contributed by atoms with Crippen molar-refractivity contribution in [1.82, 2.24) is 0 Å². The number of allylic oxidation sites excluding steroid dienone is 3. The highest BCUT2D eigenvalue weighted by atomic mass is 32.2. The summed E-state index contributed by atoms with van der Waals surface area (Å²) < 4.78 is 25.8. The van der Waals surface area contributed by atoms with Gasteiger partial charge in [0.25, 0.3) is 10.0 Å². The van der Waals surface area contributed by atoms with Crippen LogP contribution in [0.2, 0.25) is 0 Å². The fourth-order valence-corrected chi connectivity index (χ4v) is 4.36. The van der Waals surface area contributed by atoms with Crippen LogP contribution in [0.1, 0.15) is 20.3 Å². The fourth-order valence-electron chi connectivity index (χ4n) is 2.54. The number of hydrogen-bond acceptors (Lipinski definition) is 4. The normalized spacial score (nSPS) is 20.7. The second-order valence-corrected chi connectivity index (χ2v) is 7.41. The Balaban J connectivity index is 2.56. The van der Waals surface area contributed by atoms with E-state index in [0.29, 0.717) is 16.8 Å². The first-order chi connectivity index (χ1) is 10.9. The van der Waals surface area contributed by atoms with Crippen molar-refractivity contribution in [1.29, 1.82) is 10.5 Å². The van der Waals surface area contributed by atoms with E-state index in [1.165, 1.54) is 10.4 Å². The number of rotatable bonds is 4. The molecule has 0 saturated carbocycles. The molecule has 6 heteroatoms. The molecule has 0 bridgehead atoms. The SMILES string of the molecule is CCN(c1ccccc1)S(=O)(=O)C1(C#N)C=CC(C)=C(C#N)C1. The van der Waals surface area contributed by atoms with Crippen LogP contribution in [0.15, 0.2) is 53.6 Å². The summed E-state index contributed by atoms with van der Waals surface area (Å²) in [5, 5.41) is 18.8. The average Bonchev–Trinajstić information content (AvgIpc) is 2.56. The number of benzene rings is 1. The Morgan fingerprint density at radius 2 is 1.91 bits per heavy atom. The molecule has 2 rings (SSSR count). The zero-order valence-electron chi connectivity index (χ0n) is 13.0. The highest BCUT2D eigenvalue weighted by molar-refractivity contribution is 7.94. The summed E-state index contributed by atoms with van der Waals surface area (Å²) in [5.41, 5.74) is 1.51. The molecule has 0 radical (unpaired) electrons. The lowest BCUT2D eigenvalue weighted by atomic mass is 9.91. The molecule has 23 heavy (non-hydrogen) atoms. The highest BCUT2D eigenvalue weighted by Crippen LogP contribution is 2.36. The summed E-state index contributed by atoms with van der Waals surface area (Å²) in [7, 11) is -4.01. The van der Waals surface area contributed by atoms with Gasteiger partial charge in [-0.3, -0.25) is 4.31 Å². The van der Waals surface area contributed by atoms with Crippen molar-refractivity contribution in [2.45, 2.75) is 25.0 Å². The van der Waals surface area contributed by atoms with Crippen LogP contribution in [-0.4, -0.2) is 19.7 Å². The second kappa shape index (κ2) is 6.28. The van der Waals surface area contributed by atoms with Gasteiger partial charge in [-0.05, 0) is 37.6 Å². The summed E-state index contributed by atoms with van der Waals surface area (Å²) >= 11 is 0. The van der Waals surface area contributed by atoms with E-state index in [4.69, 9.17) is 0 Å². The van der Waals surface area contributed by atoms with Gasteiger partial charge in [-0.25, -0.2) is 8.42 Å². The van der Waals surface area contributed by atoms with Crippen LogP contribution in [0.25, 0.3) is 0 Å². The first kappa shape index (κ1) is 16.8. The van der Waals surface area contributed by atoms with Gasteiger partial charge in [0.2, 0.25) is 0 Å². The Kier molecular flexibility index (Phi) is 4.58.